The van der Waals surface area contributed by atoms with E-state index in [0.717, 1.165) is 31.3 Å². The van der Waals surface area contributed by atoms with Crippen molar-refractivity contribution in [2.45, 2.75) is 84.7 Å². The lowest BCUT2D eigenvalue weighted by Gasteiger charge is -2.34. The standard InChI is InChI=1S/C28H40O4/c1-6-9-26-23(5)15-17-27(32-26)25(29)12-7-10-20(2)18-22(4)19-21(3)14-16-24-11-8-13-28(30)31-24/h6-10,12-14,16,19,22-27,29H,11,15,17-18H2,1-5H3/b9-6+,12-7+,16-14+,20-10+,21-19-. The van der Waals surface area contributed by atoms with Crippen LogP contribution in [0.4, 0.5) is 0 Å². The highest BCUT2D eigenvalue weighted by atomic mass is 16.5. The maximum atomic E-state index is 11.3. The average molecular weight is 441 g/mol. The van der Waals surface area contributed by atoms with Crippen LogP contribution in [0.2, 0.25) is 0 Å². The fraction of sp³-hybridized carbons (Fsp3) is 0.536. The van der Waals surface area contributed by atoms with Crippen LogP contribution >= 0.6 is 0 Å². The fourth-order valence-electron chi connectivity index (χ4n) is 4.18. The molecule has 1 N–H and O–H groups in total. The zero-order valence-electron chi connectivity index (χ0n) is 20.2. The number of rotatable bonds is 9. The molecule has 2 aliphatic heterocycles. The molecule has 0 aromatic carbocycles. The van der Waals surface area contributed by atoms with E-state index in [9.17, 15) is 9.90 Å². The van der Waals surface area contributed by atoms with E-state index in [1.165, 1.54) is 11.6 Å². The second-order valence-corrected chi connectivity index (χ2v) is 9.17. The summed E-state index contributed by atoms with van der Waals surface area (Å²) in [6.07, 6.45) is 22.3. The average Bonchev–Trinajstić information content (AvgIpc) is 2.73. The number of aliphatic hydroxyl groups excluding tert-OH is 1. The monoisotopic (exact) mass is 440 g/mol. The van der Waals surface area contributed by atoms with E-state index < -0.39 is 6.10 Å². The van der Waals surface area contributed by atoms with Gasteiger partial charge in [0.15, 0.2) is 0 Å². The predicted octanol–water partition coefficient (Wildman–Crippen LogP) is 6.01. The third kappa shape index (κ3) is 9.13. The molecule has 1 fully saturated rings. The smallest absolute Gasteiger partial charge is 0.331 e. The molecule has 2 rings (SSSR count). The van der Waals surface area contributed by atoms with Crippen molar-refractivity contribution in [3.8, 4) is 0 Å². The van der Waals surface area contributed by atoms with Crippen LogP contribution in [0.1, 0.15) is 60.3 Å². The minimum Gasteiger partial charge on any atom is -0.455 e. The number of allylic oxidation sites excluding steroid dienone is 7. The SMILES string of the molecule is C/C=C/C1OC(C(O)/C=C/C=C(\C)CC(C)/C=C(C)\C=C\C2CC=CC(=O)O2)CCC1C. The Bertz CT molecular complexity index is 783. The minimum absolute atomic E-state index is 0.0885. The first-order chi connectivity index (χ1) is 15.3. The number of hydrogen-bond acceptors (Lipinski definition) is 4. The molecule has 0 spiro atoms. The van der Waals surface area contributed by atoms with Gasteiger partial charge in [0.05, 0.1) is 18.3 Å². The number of hydrogen-bond donors (Lipinski definition) is 1. The summed E-state index contributed by atoms with van der Waals surface area (Å²) in [5.74, 6) is 0.595. The lowest BCUT2D eigenvalue weighted by Crippen LogP contribution is -2.38. The third-order valence-corrected chi connectivity index (χ3v) is 5.91. The molecule has 4 nitrogen and oxygen atoms in total. The van der Waals surface area contributed by atoms with E-state index in [-0.39, 0.29) is 24.3 Å². The molecule has 0 radical (unpaired) electrons. The molecule has 32 heavy (non-hydrogen) atoms. The number of cyclic esters (lactones) is 1. The molecule has 0 aromatic rings. The van der Waals surface area contributed by atoms with Crippen molar-refractivity contribution in [2.24, 2.45) is 11.8 Å². The quantitative estimate of drug-likeness (QED) is 0.271. The van der Waals surface area contributed by atoms with Crippen LogP contribution in [0.25, 0.3) is 0 Å². The summed E-state index contributed by atoms with van der Waals surface area (Å²) < 4.78 is 11.3. The lowest BCUT2D eigenvalue weighted by atomic mass is 9.91. The Labute approximate surface area is 194 Å². The maximum absolute atomic E-state index is 11.3. The van der Waals surface area contributed by atoms with Gasteiger partial charge in [-0.3, -0.25) is 0 Å². The van der Waals surface area contributed by atoms with Gasteiger partial charge in [-0.25, -0.2) is 4.79 Å². The molecule has 6 atom stereocenters. The normalized spacial score (nSPS) is 29.8. The van der Waals surface area contributed by atoms with E-state index in [2.05, 4.69) is 45.9 Å². The minimum atomic E-state index is -0.590. The van der Waals surface area contributed by atoms with Gasteiger partial charge in [0.1, 0.15) is 6.10 Å². The van der Waals surface area contributed by atoms with E-state index in [1.807, 2.05) is 43.4 Å². The van der Waals surface area contributed by atoms with Crippen molar-refractivity contribution in [3.05, 3.63) is 71.9 Å². The second kappa shape index (κ2) is 13.4. The number of aliphatic hydroxyl groups is 1. The second-order valence-electron chi connectivity index (χ2n) is 9.17. The van der Waals surface area contributed by atoms with Crippen molar-refractivity contribution in [1.82, 2.24) is 0 Å². The van der Waals surface area contributed by atoms with E-state index >= 15 is 0 Å². The van der Waals surface area contributed by atoms with Crippen molar-refractivity contribution < 1.29 is 19.4 Å². The number of carbonyl (C=O) groups excluding carboxylic acids is 1. The van der Waals surface area contributed by atoms with Crippen LogP contribution in [0, 0.1) is 11.8 Å². The van der Waals surface area contributed by atoms with Gasteiger partial charge in [0, 0.05) is 12.5 Å². The lowest BCUT2D eigenvalue weighted by molar-refractivity contribution is -0.141. The third-order valence-electron chi connectivity index (χ3n) is 5.91. The Kier molecular flexibility index (Phi) is 10.9. The Hall–Kier alpha value is -2.17. The summed E-state index contributed by atoms with van der Waals surface area (Å²) in [7, 11) is 0. The molecule has 0 amide bonds. The topological polar surface area (TPSA) is 55.8 Å². The van der Waals surface area contributed by atoms with Crippen LogP contribution in [0.5, 0.6) is 0 Å². The van der Waals surface area contributed by atoms with Crippen LogP contribution in [0.15, 0.2) is 71.9 Å². The van der Waals surface area contributed by atoms with Gasteiger partial charge in [-0.15, -0.1) is 0 Å². The summed E-state index contributed by atoms with van der Waals surface area (Å²) in [5, 5.41) is 10.5. The maximum Gasteiger partial charge on any atom is 0.331 e. The first-order valence-corrected chi connectivity index (χ1v) is 11.8. The van der Waals surface area contributed by atoms with E-state index in [1.54, 1.807) is 0 Å². The zero-order chi connectivity index (χ0) is 23.5. The summed E-state index contributed by atoms with van der Waals surface area (Å²) in [5.41, 5.74) is 2.41. The van der Waals surface area contributed by atoms with E-state index in [4.69, 9.17) is 9.47 Å². The molecule has 0 aliphatic carbocycles. The van der Waals surface area contributed by atoms with E-state index in [0.29, 0.717) is 11.8 Å². The van der Waals surface area contributed by atoms with Crippen LogP contribution < -0.4 is 0 Å². The largest absolute Gasteiger partial charge is 0.455 e. The Balaban J connectivity index is 1.81. The summed E-state index contributed by atoms with van der Waals surface area (Å²) >= 11 is 0. The first-order valence-electron chi connectivity index (χ1n) is 11.8. The molecular weight excluding hydrogens is 400 g/mol. The molecule has 4 heteroatoms. The van der Waals surface area contributed by atoms with Crippen molar-refractivity contribution >= 4 is 5.97 Å². The highest BCUT2D eigenvalue weighted by Crippen LogP contribution is 2.27. The van der Waals surface area contributed by atoms with Crippen molar-refractivity contribution in [3.63, 3.8) is 0 Å². The molecule has 2 heterocycles. The van der Waals surface area contributed by atoms with Crippen LogP contribution in [-0.2, 0) is 14.3 Å². The molecule has 6 unspecified atom stereocenters. The highest BCUT2D eigenvalue weighted by Gasteiger charge is 2.29. The van der Waals surface area contributed by atoms with Crippen molar-refractivity contribution in [2.75, 3.05) is 0 Å². The van der Waals surface area contributed by atoms with Crippen LogP contribution in [0.3, 0.4) is 0 Å². The van der Waals surface area contributed by atoms with Crippen molar-refractivity contribution in [1.29, 1.82) is 0 Å². The summed E-state index contributed by atoms with van der Waals surface area (Å²) in [6, 6.07) is 0. The van der Waals surface area contributed by atoms with Gasteiger partial charge < -0.3 is 14.6 Å². The Morgan fingerprint density at radius 3 is 2.78 bits per heavy atom. The van der Waals surface area contributed by atoms with Gasteiger partial charge in [0.25, 0.3) is 0 Å². The van der Waals surface area contributed by atoms with Gasteiger partial charge >= 0.3 is 5.97 Å². The Morgan fingerprint density at radius 2 is 2.06 bits per heavy atom. The molecule has 176 valence electrons. The molecule has 1 saturated heterocycles. The molecular formula is C28H40O4. The molecule has 0 bridgehead atoms. The Morgan fingerprint density at radius 1 is 1.28 bits per heavy atom. The predicted molar refractivity (Wildman–Crippen MR) is 131 cm³/mol. The summed E-state index contributed by atoms with van der Waals surface area (Å²) in [6.45, 7) is 10.6. The van der Waals surface area contributed by atoms with Gasteiger partial charge in [0.2, 0.25) is 0 Å². The first kappa shape index (κ1) is 26.1. The molecule has 0 aromatic heterocycles. The summed E-state index contributed by atoms with van der Waals surface area (Å²) in [4.78, 5) is 11.3. The number of esters is 1. The highest BCUT2D eigenvalue weighted by molar-refractivity contribution is 5.82. The zero-order valence-corrected chi connectivity index (χ0v) is 20.2. The fourth-order valence-corrected chi connectivity index (χ4v) is 4.18. The van der Waals surface area contributed by atoms with Gasteiger partial charge in [-0.2, -0.15) is 0 Å². The molecule has 0 saturated carbocycles. The molecule has 2 aliphatic rings. The van der Waals surface area contributed by atoms with Gasteiger partial charge in [-0.1, -0.05) is 73.6 Å². The number of carbonyl (C=O) groups is 1. The van der Waals surface area contributed by atoms with Crippen LogP contribution in [-0.4, -0.2) is 35.5 Å². The number of ether oxygens (including phenoxy) is 2. The van der Waals surface area contributed by atoms with Gasteiger partial charge in [-0.05, 0) is 57.9 Å².